The summed E-state index contributed by atoms with van der Waals surface area (Å²) in [7, 11) is 0. The number of allylic oxidation sites excluding steroid dienone is 1. The smallest absolute Gasteiger partial charge is 0.119 e. The number of alkyl halides is 1. The van der Waals surface area contributed by atoms with Crippen molar-refractivity contribution in [2.45, 2.75) is 32.1 Å². The molecule has 0 spiro atoms. The fourth-order valence-electron chi connectivity index (χ4n) is 4.14. The summed E-state index contributed by atoms with van der Waals surface area (Å²) >= 11 is 5.74. The minimum absolute atomic E-state index is 0.331. The van der Waals surface area contributed by atoms with Crippen molar-refractivity contribution in [1.82, 2.24) is 0 Å². The third-order valence-electron chi connectivity index (χ3n) is 5.59. The molecule has 3 aromatic rings. The molecule has 0 saturated carbocycles. The van der Waals surface area contributed by atoms with Gasteiger partial charge < -0.3 is 9.84 Å². The molecule has 0 radical (unpaired) electrons. The Morgan fingerprint density at radius 3 is 2.40 bits per heavy atom. The number of hydrogen-bond donors (Lipinski definition) is 1. The van der Waals surface area contributed by atoms with Crippen LogP contribution in [0.25, 0.3) is 11.1 Å². The van der Waals surface area contributed by atoms with Crippen LogP contribution in [0.2, 0.25) is 0 Å². The molecule has 0 bridgehead atoms. The molecule has 1 aliphatic rings. The van der Waals surface area contributed by atoms with Gasteiger partial charge in [-0.2, -0.15) is 0 Å². The standard InChI is InChI=1S/C27H27ClO2/c28-17-4-5-18-30-24-14-11-21(12-15-24)27-25(20-7-2-1-3-8-20)10-6-9-22-19-23(29)13-16-26(22)27/h1-3,7-8,11-16,19,29H,4-6,9-10,17-18H2. The van der Waals surface area contributed by atoms with Gasteiger partial charge in [0.1, 0.15) is 11.5 Å². The summed E-state index contributed by atoms with van der Waals surface area (Å²) in [5.41, 5.74) is 7.46. The number of hydrogen-bond acceptors (Lipinski definition) is 2. The second kappa shape index (κ2) is 9.86. The Morgan fingerprint density at radius 1 is 0.833 bits per heavy atom. The molecule has 0 aliphatic heterocycles. The Labute approximate surface area is 183 Å². The van der Waals surface area contributed by atoms with E-state index < -0.39 is 0 Å². The molecule has 0 unspecified atom stereocenters. The van der Waals surface area contributed by atoms with Crippen molar-refractivity contribution in [3.05, 3.63) is 95.1 Å². The van der Waals surface area contributed by atoms with Crippen LogP contribution >= 0.6 is 11.6 Å². The van der Waals surface area contributed by atoms with Gasteiger partial charge in [-0.25, -0.2) is 0 Å². The first-order chi connectivity index (χ1) is 14.8. The maximum absolute atomic E-state index is 10.0. The Hall–Kier alpha value is -2.71. The van der Waals surface area contributed by atoms with Gasteiger partial charge in [0.15, 0.2) is 0 Å². The van der Waals surface area contributed by atoms with E-state index in [1.54, 1.807) is 6.07 Å². The molecule has 154 valence electrons. The first-order valence-corrected chi connectivity index (χ1v) is 11.2. The summed E-state index contributed by atoms with van der Waals surface area (Å²) in [6.45, 7) is 0.687. The van der Waals surface area contributed by atoms with Crippen LogP contribution in [0.15, 0.2) is 72.8 Å². The third kappa shape index (κ3) is 4.71. The lowest BCUT2D eigenvalue weighted by atomic mass is 9.88. The van der Waals surface area contributed by atoms with Gasteiger partial charge in [0.25, 0.3) is 0 Å². The Balaban J connectivity index is 1.75. The Morgan fingerprint density at radius 2 is 1.63 bits per heavy atom. The molecule has 0 aromatic heterocycles. The van der Waals surface area contributed by atoms with Gasteiger partial charge in [-0.05, 0) is 89.8 Å². The molecule has 30 heavy (non-hydrogen) atoms. The van der Waals surface area contributed by atoms with E-state index >= 15 is 0 Å². The number of benzene rings is 3. The largest absolute Gasteiger partial charge is 0.508 e. The second-order valence-electron chi connectivity index (χ2n) is 7.68. The quantitative estimate of drug-likeness (QED) is 0.328. The van der Waals surface area contributed by atoms with E-state index in [0.29, 0.717) is 18.2 Å². The highest BCUT2D eigenvalue weighted by Gasteiger charge is 2.20. The number of aryl methyl sites for hydroxylation is 1. The number of ether oxygens (including phenoxy) is 1. The molecule has 4 rings (SSSR count). The summed E-state index contributed by atoms with van der Waals surface area (Å²) in [4.78, 5) is 0. The fourth-order valence-corrected chi connectivity index (χ4v) is 4.33. The maximum atomic E-state index is 10.0. The average molecular weight is 419 g/mol. The first-order valence-electron chi connectivity index (χ1n) is 10.7. The Kier molecular flexibility index (Phi) is 6.76. The molecule has 1 N–H and O–H groups in total. The van der Waals surface area contributed by atoms with E-state index in [1.165, 1.54) is 33.4 Å². The number of halogens is 1. The SMILES string of the molecule is Oc1ccc2c(c1)CCCC(c1ccccc1)=C2c1ccc(OCCCCCl)cc1. The van der Waals surface area contributed by atoms with Crippen LogP contribution < -0.4 is 4.74 Å². The van der Waals surface area contributed by atoms with E-state index in [0.717, 1.165) is 37.9 Å². The van der Waals surface area contributed by atoms with Crippen molar-refractivity contribution in [2.24, 2.45) is 0 Å². The summed E-state index contributed by atoms with van der Waals surface area (Å²) in [6.07, 6.45) is 4.96. The van der Waals surface area contributed by atoms with Crippen molar-refractivity contribution in [3.8, 4) is 11.5 Å². The zero-order valence-corrected chi connectivity index (χ0v) is 17.9. The zero-order valence-electron chi connectivity index (χ0n) is 17.1. The number of aromatic hydroxyl groups is 1. The molecule has 1 aliphatic carbocycles. The third-order valence-corrected chi connectivity index (χ3v) is 5.86. The van der Waals surface area contributed by atoms with E-state index in [2.05, 4.69) is 60.7 Å². The predicted molar refractivity (Wildman–Crippen MR) is 125 cm³/mol. The Bertz CT molecular complexity index is 1010. The van der Waals surface area contributed by atoms with Crippen molar-refractivity contribution in [1.29, 1.82) is 0 Å². The molecule has 3 heteroatoms. The predicted octanol–water partition coefficient (Wildman–Crippen LogP) is 7.09. The molecule has 0 atom stereocenters. The van der Waals surface area contributed by atoms with Crippen LogP contribution in [-0.4, -0.2) is 17.6 Å². The van der Waals surface area contributed by atoms with Crippen molar-refractivity contribution in [2.75, 3.05) is 12.5 Å². The van der Waals surface area contributed by atoms with Gasteiger partial charge in [0.05, 0.1) is 6.61 Å². The van der Waals surface area contributed by atoms with Gasteiger partial charge in [-0.1, -0.05) is 48.5 Å². The van der Waals surface area contributed by atoms with Gasteiger partial charge in [0.2, 0.25) is 0 Å². The molecule has 0 fully saturated rings. The minimum atomic E-state index is 0.331. The number of phenolic OH excluding ortho intramolecular Hbond substituents is 1. The normalized spacial score (nSPS) is 13.6. The monoisotopic (exact) mass is 418 g/mol. The lowest BCUT2D eigenvalue weighted by Crippen LogP contribution is -1.99. The van der Waals surface area contributed by atoms with E-state index in [9.17, 15) is 5.11 Å². The summed E-state index contributed by atoms with van der Waals surface area (Å²) in [5.74, 6) is 1.89. The van der Waals surface area contributed by atoms with Gasteiger partial charge in [0, 0.05) is 5.88 Å². The van der Waals surface area contributed by atoms with Crippen molar-refractivity contribution >= 4 is 22.7 Å². The highest BCUT2D eigenvalue weighted by molar-refractivity contribution is 6.17. The zero-order chi connectivity index (χ0) is 20.8. The van der Waals surface area contributed by atoms with E-state index in [-0.39, 0.29) is 0 Å². The van der Waals surface area contributed by atoms with Crippen molar-refractivity contribution in [3.63, 3.8) is 0 Å². The van der Waals surface area contributed by atoms with Crippen LogP contribution in [0.4, 0.5) is 0 Å². The van der Waals surface area contributed by atoms with Crippen LogP contribution in [0, 0.1) is 0 Å². The molecular weight excluding hydrogens is 392 g/mol. The highest BCUT2D eigenvalue weighted by Crippen LogP contribution is 2.40. The second-order valence-corrected chi connectivity index (χ2v) is 8.06. The van der Waals surface area contributed by atoms with E-state index in [4.69, 9.17) is 16.3 Å². The molecule has 0 heterocycles. The van der Waals surface area contributed by atoms with Crippen LogP contribution in [0.3, 0.4) is 0 Å². The van der Waals surface area contributed by atoms with Crippen LogP contribution in [-0.2, 0) is 6.42 Å². The van der Waals surface area contributed by atoms with Crippen molar-refractivity contribution < 1.29 is 9.84 Å². The fraction of sp³-hybridized carbons (Fsp3) is 0.259. The summed E-state index contributed by atoms with van der Waals surface area (Å²) < 4.78 is 5.86. The molecular formula is C27H27ClO2. The number of phenols is 1. The average Bonchev–Trinajstić information content (AvgIpc) is 2.97. The number of fused-ring (bicyclic) bond motifs is 1. The lowest BCUT2D eigenvalue weighted by molar-refractivity contribution is 0.309. The molecule has 0 saturated heterocycles. The van der Waals surface area contributed by atoms with Gasteiger partial charge in [-0.3, -0.25) is 0 Å². The molecule has 0 amide bonds. The minimum Gasteiger partial charge on any atom is -0.508 e. The summed E-state index contributed by atoms with van der Waals surface area (Å²) in [5, 5.41) is 10.0. The van der Waals surface area contributed by atoms with Crippen LogP contribution in [0.5, 0.6) is 11.5 Å². The molecule has 2 nitrogen and oxygen atoms in total. The summed E-state index contributed by atoms with van der Waals surface area (Å²) in [6, 6.07) is 24.8. The van der Waals surface area contributed by atoms with Gasteiger partial charge in [-0.15, -0.1) is 11.6 Å². The lowest BCUT2D eigenvalue weighted by Gasteiger charge is -2.17. The van der Waals surface area contributed by atoms with Gasteiger partial charge >= 0.3 is 0 Å². The number of rotatable bonds is 7. The topological polar surface area (TPSA) is 29.5 Å². The highest BCUT2D eigenvalue weighted by atomic mass is 35.5. The van der Waals surface area contributed by atoms with Crippen LogP contribution in [0.1, 0.15) is 47.9 Å². The maximum Gasteiger partial charge on any atom is 0.119 e. The molecule has 3 aromatic carbocycles. The van der Waals surface area contributed by atoms with E-state index in [1.807, 2.05) is 6.07 Å². The number of unbranched alkanes of at least 4 members (excludes halogenated alkanes) is 1. The first kappa shape index (κ1) is 20.6.